The Morgan fingerprint density at radius 1 is 1.29 bits per heavy atom. The third-order valence-corrected chi connectivity index (χ3v) is 1.35. The minimum Gasteiger partial charge on any atom is -0.402 e. The van der Waals surface area contributed by atoms with Gasteiger partial charge in [-0.15, -0.1) is 13.2 Å². The summed E-state index contributed by atoms with van der Waals surface area (Å²) in [5.74, 6) is -4.25. The van der Waals surface area contributed by atoms with Crippen LogP contribution >= 0.6 is 11.6 Å². The molecule has 0 fully saturated rings. The molecule has 0 unspecified atom stereocenters. The van der Waals surface area contributed by atoms with Gasteiger partial charge >= 0.3 is 6.36 Å². The second-order valence-corrected chi connectivity index (χ2v) is 2.46. The number of nitrogens with zero attached hydrogens (tertiary/aromatic N) is 1. The lowest BCUT2D eigenvalue weighted by Gasteiger charge is -2.09. The summed E-state index contributed by atoms with van der Waals surface area (Å²) in [7, 11) is 0. The lowest BCUT2D eigenvalue weighted by Crippen LogP contribution is -2.18. The predicted octanol–water partition coefficient (Wildman–Crippen LogP) is 2.91. The van der Waals surface area contributed by atoms with Crippen LogP contribution < -0.4 is 4.74 Å². The zero-order valence-electron chi connectivity index (χ0n) is 6.20. The minimum atomic E-state index is -5.03. The van der Waals surface area contributed by atoms with Crippen molar-refractivity contribution in [3.8, 4) is 5.75 Å². The topological polar surface area (TPSA) is 22.1 Å². The summed E-state index contributed by atoms with van der Waals surface area (Å²) in [5.41, 5.74) is 0. The molecule has 0 spiro atoms. The monoisotopic (exact) mass is 233 g/mol. The average molecular weight is 234 g/mol. The minimum absolute atomic E-state index is 0.165. The van der Waals surface area contributed by atoms with E-state index >= 15 is 0 Å². The molecule has 14 heavy (non-hydrogen) atoms. The molecule has 1 rings (SSSR count). The van der Waals surface area contributed by atoms with Crippen LogP contribution in [-0.4, -0.2) is 11.3 Å². The lowest BCUT2D eigenvalue weighted by molar-refractivity contribution is -0.274. The van der Waals surface area contributed by atoms with Gasteiger partial charge in [-0.3, -0.25) is 0 Å². The van der Waals surface area contributed by atoms with Gasteiger partial charge in [0, 0.05) is 6.07 Å². The van der Waals surface area contributed by atoms with Gasteiger partial charge in [0.15, 0.2) is 16.7 Å². The first-order chi connectivity index (χ1) is 6.29. The van der Waals surface area contributed by atoms with Gasteiger partial charge in [0.25, 0.3) is 5.95 Å². The molecule has 8 heteroatoms. The molecule has 2 nitrogen and oxygen atoms in total. The number of alkyl halides is 3. The predicted molar refractivity (Wildman–Crippen MR) is 35.8 cm³/mol. The first kappa shape index (κ1) is 11.0. The standard InChI is InChI=1S/C6HClF5NO/c7-4-3(14-6(10,11)12)1-2(8)5(9)13-4/h1H. The highest BCUT2D eigenvalue weighted by Gasteiger charge is 2.32. The van der Waals surface area contributed by atoms with Crippen LogP contribution in [0.2, 0.25) is 5.15 Å². The van der Waals surface area contributed by atoms with E-state index in [0.717, 1.165) is 0 Å². The van der Waals surface area contributed by atoms with E-state index in [0.29, 0.717) is 0 Å². The molecule has 78 valence electrons. The van der Waals surface area contributed by atoms with E-state index in [9.17, 15) is 22.0 Å². The van der Waals surface area contributed by atoms with Crippen molar-refractivity contribution >= 4 is 11.6 Å². The highest BCUT2D eigenvalue weighted by molar-refractivity contribution is 6.30. The number of rotatable bonds is 1. The van der Waals surface area contributed by atoms with Crippen molar-refractivity contribution in [3.63, 3.8) is 0 Å². The first-order valence-electron chi connectivity index (χ1n) is 3.07. The fourth-order valence-electron chi connectivity index (χ4n) is 0.625. The summed E-state index contributed by atoms with van der Waals surface area (Å²) in [5, 5.41) is -0.902. The summed E-state index contributed by atoms with van der Waals surface area (Å²) in [6.45, 7) is 0. The van der Waals surface area contributed by atoms with Crippen LogP contribution in [0.25, 0.3) is 0 Å². The van der Waals surface area contributed by atoms with Crippen LogP contribution in [0.1, 0.15) is 0 Å². The molecule has 0 saturated carbocycles. The Balaban J connectivity index is 3.04. The van der Waals surface area contributed by atoms with E-state index in [1.54, 1.807) is 0 Å². The molecule has 0 bridgehead atoms. The molecule has 0 amide bonds. The van der Waals surface area contributed by atoms with Crippen LogP contribution in [-0.2, 0) is 0 Å². The van der Waals surface area contributed by atoms with Crippen LogP contribution in [0.5, 0.6) is 5.75 Å². The van der Waals surface area contributed by atoms with E-state index < -0.39 is 29.0 Å². The zero-order valence-corrected chi connectivity index (χ0v) is 6.96. The van der Waals surface area contributed by atoms with Crippen LogP contribution in [0, 0.1) is 11.8 Å². The summed E-state index contributed by atoms with van der Waals surface area (Å²) < 4.78 is 62.8. The van der Waals surface area contributed by atoms with Crippen molar-refractivity contribution in [2.75, 3.05) is 0 Å². The van der Waals surface area contributed by atoms with Crippen LogP contribution in [0.3, 0.4) is 0 Å². The van der Waals surface area contributed by atoms with E-state index in [2.05, 4.69) is 9.72 Å². The molecule has 0 N–H and O–H groups in total. The highest BCUT2D eigenvalue weighted by Crippen LogP contribution is 2.29. The molecule has 0 aliphatic heterocycles. The molecule has 0 aliphatic carbocycles. The molecule has 1 aromatic heterocycles. The van der Waals surface area contributed by atoms with Gasteiger partial charge < -0.3 is 4.74 Å². The van der Waals surface area contributed by atoms with Gasteiger partial charge in [-0.25, -0.2) is 9.37 Å². The number of aromatic nitrogens is 1. The fraction of sp³-hybridized carbons (Fsp3) is 0.167. The number of hydrogen-bond donors (Lipinski definition) is 0. The molecule has 0 aliphatic rings. The molecule has 1 aromatic rings. The van der Waals surface area contributed by atoms with Crippen molar-refractivity contribution in [2.45, 2.75) is 6.36 Å². The van der Waals surface area contributed by atoms with Crippen molar-refractivity contribution in [2.24, 2.45) is 0 Å². The number of halogens is 6. The van der Waals surface area contributed by atoms with E-state index in [-0.39, 0.29) is 6.07 Å². The maximum atomic E-state index is 12.4. The molecule has 0 saturated heterocycles. The summed E-state index contributed by atoms with van der Waals surface area (Å²) in [4.78, 5) is 2.66. The summed E-state index contributed by atoms with van der Waals surface area (Å²) in [6, 6.07) is 0.165. The Kier molecular flexibility index (Phi) is 2.79. The maximum Gasteiger partial charge on any atom is 0.573 e. The Labute approximate surface area is 79.3 Å². The van der Waals surface area contributed by atoms with E-state index in [4.69, 9.17) is 11.6 Å². The normalized spacial score (nSPS) is 11.6. The number of hydrogen-bond acceptors (Lipinski definition) is 2. The lowest BCUT2D eigenvalue weighted by atomic mass is 10.4. The molecule has 0 radical (unpaired) electrons. The van der Waals surface area contributed by atoms with Gasteiger partial charge in [0.2, 0.25) is 0 Å². The molecular formula is C6HClF5NO. The molecule has 1 heterocycles. The van der Waals surface area contributed by atoms with Crippen LogP contribution in [0.4, 0.5) is 22.0 Å². The smallest absolute Gasteiger partial charge is 0.402 e. The Morgan fingerprint density at radius 2 is 1.86 bits per heavy atom. The van der Waals surface area contributed by atoms with Crippen LogP contribution in [0.15, 0.2) is 6.07 Å². The van der Waals surface area contributed by atoms with Crippen molar-refractivity contribution in [1.29, 1.82) is 0 Å². The second-order valence-electron chi connectivity index (χ2n) is 2.10. The maximum absolute atomic E-state index is 12.4. The third kappa shape index (κ3) is 2.69. The zero-order chi connectivity index (χ0) is 10.9. The summed E-state index contributed by atoms with van der Waals surface area (Å²) >= 11 is 5.06. The Morgan fingerprint density at radius 3 is 2.36 bits per heavy atom. The Hall–Kier alpha value is -1.11. The number of pyridine rings is 1. The number of ether oxygens (including phenoxy) is 1. The van der Waals surface area contributed by atoms with Gasteiger partial charge in [0.1, 0.15) is 0 Å². The molecule has 0 aromatic carbocycles. The quantitative estimate of drug-likeness (QED) is 0.550. The average Bonchev–Trinajstić information content (AvgIpc) is 1.97. The van der Waals surface area contributed by atoms with Gasteiger partial charge in [0.05, 0.1) is 0 Å². The van der Waals surface area contributed by atoms with Gasteiger partial charge in [-0.05, 0) is 0 Å². The second kappa shape index (κ2) is 3.56. The van der Waals surface area contributed by atoms with Crippen molar-refractivity contribution in [3.05, 3.63) is 23.0 Å². The highest BCUT2D eigenvalue weighted by atomic mass is 35.5. The third-order valence-electron chi connectivity index (χ3n) is 1.08. The van der Waals surface area contributed by atoms with Gasteiger partial charge in [-0.1, -0.05) is 11.6 Å². The fourth-order valence-corrected chi connectivity index (χ4v) is 0.792. The summed E-state index contributed by atoms with van der Waals surface area (Å²) in [6.07, 6.45) is -5.03. The molecular weight excluding hydrogens is 233 g/mol. The van der Waals surface area contributed by atoms with Gasteiger partial charge in [-0.2, -0.15) is 4.39 Å². The first-order valence-corrected chi connectivity index (χ1v) is 3.44. The largest absolute Gasteiger partial charge is 0.573 e. The molecule has 0 atom stereocenters. The Bertz CT molecular complexity index is 353. The van der Waals surface area contributed by atoms with E-state index in [1.165, 1.54) is 0 Å². The van der Waals surface area contributed by atoms with E-state index in [1.807, 2.05) is 0 Å². The van der Waals surface area contributed by atoms with Crippen molar-refractivity contribution in [1.82, 2.24) is 4.98 Å². The SMILES string of the molecule is Fc1cc(OC(F)(F)F)c(Cl)nc1F. The van der Waals surface area contributed by atoms with Crippen molar-refractivity contribution < 1.29 is 26.7 Å².